The lowest BCUT2D eigenvalue weighted by molar-refractivity contribution is -0.119. The zero-order chi connectivity index (χ0) is 22.9. The van der Waals surface area contributed by atoms with Crippen LogP contribution in [0.25, 0.3) is 11.3 Å². The van der Waals surface area contributed by atoms with Gasteiger partial charge in [0.15, 0.2) is 0 Å². The summed E-state index contributed by atoms with van der Waals surface area (Å²) in [5, 5.41) is 7.97. The maximum Gasteiger partial charge on any atom is 0.269 e. The molecule has 0 spiro atoms. The molecule has 9 nitrogen and oxygen atoms in total. The lowest BCUT2D eigenvalue weighted by Gasteiger charge is -2.09. The first kappa shape index (κ1) is 21.2. The number of aryl methyl sites for hydroxylation is 1. The highest BCUT2D eigenvalue weighted by Crippen LogP contribution is 2.49. The van der Waals surface area contributed by atoms with Crippen LogP contribution in [0, 0.1) is 12.8 Å². The maximum absolute atomic E-state index is 13.0. The molecule has 0 aromatic carbocycles. The minimum atomic E-state index is -2.93. The number of anilines is 3. The van der Waals surface area contributed by atoms with E-state index in [1.54, 1.807) is 31.3 Å². The van der Waals surface area contributed by atoms with E-state index in [4.69, 9.17) is 0 Å². The number of nitrogens with one attached hydrogen (secondary N) is 3. The van der Waals surface area contributed by atoms with E-state index < -0.39 is 24.2 Å². The normalized spacial score (nSPS) is 16.2. The van der Waals surface area contributed by atoms with Crippen molar-refractivity contribution in [2.45, 2.75) is 19.3 Å². The molecule has 3 aromatic rings. The summed E-state index contributed by atoms with van der Waals surface area (Å²) in [5.41, 5.74) is 2.84. The number of carbonyl (C=O) groups is 2. The van der Waals surface area contributed by atoms with Crippen LogP contribution in [0.4, 0.5) is 26.2 Å². The van der Waals surface area contributed by atoms with Gasteiger partial charge in [-0.3, -0.25) is 9.59 Å². The first-order valence-electron chi connectivity index (χ1n) is 9.71. The van der Waals surface area contributed by atoms with Gasteiger partial charge in [0.05, 0.1) is 17.6 Å². The largest absolute Gasteiger partial charge is 0.354 e. The number of nitrogens with zero attached hydrogens (tertiary/aromatic N) is 4. The van der Waals surface area contributed by atoms with Crippen molar-refractivity contribution in [1.29, 1.82) is 0 Å². The molecule has 1 atom stereocenters. The third-order valence-electron chi connectivity index (χ3n) is 4.89. The molecule has 1 aliphatic rings. The van der Waals surface area contributed by atoms with Crippen molar-refractivity contribution in [1.82, 2.24) is 25.3 Å². The zero-order valence-electron chi connectivity index (χ0n) is 17.2. The van der Waals surface area contributed by atoms with Crippen LogP contribution >= 0.6 is 0 Å². The van der Waals surface area contributed by atoms with Crippen LogP contribution < -0.4 is 16.0 Å². The summed E-state index contributed by atoms with van der Waals surface area (Å²) < 4.78 is 26.0. The average Bonchev–Trinajstić information content (AvgIpc) is 3.42. The van der Waals surface area contributed by atoms with E-state index in [1.807, 2.05) is 0 Å². The standard InChI is InChI=1S/C21H19F2N7O2/c1-11-7-13(10-27-17(11)19(32)24-2)28-20-25-6-5-15(29-20)12-3-4-16(26-9-12)30-18(31)14-8-21(14,22)23/h3-7,9-10,14H,8H2,1-2H3,(H,24,32)(H,25,28,29)(H,26,30,31). The van der Waals surface area contributed by atoms with Crippen molar-refractivity contribution in [3.8, 4) is 11.3 Å². The van der Waals surface area contributed by atoms with Gasteiger partial charge in [0, 0.05) is 31.4 Å². The van der Waals surface area contributed by atoms with Crippen molar-refractivity contribution in [3.63, 3.8) is 0 Å². The first-order chi connectivity index (χ1) is 15.3. The van der Waals surface area contributed by atoms with Crippen LogP contribution in [-0.2, 0) is 4.79 Å². The predicted molar refractivity (Wildman–Crippen MR) is 113 cm³/mol. The molecule has 1 fully saturated rings. The Balaban J connectivity index is 1.45. The predicted octanol–water partition coefficient (Wildman–Crippen LogP) is 2.94. The van der Waals surface area contributed by atoms with Gasteiger partial charge < -0.3 is 16.0 Å². The summed E-state index contributed by atoms with van der Waals surface area (Å²) in [6, 6.07) is 6.64. The molecule has 4 rings (SSSR count). The first-order valence-corrected chi connectivity index (χ1v) is 9.71. The molecular weight excluding hydrogens is 420 g/mol. The lowest BCUT2D eigenvalue weighted by atomic mass is 10.2. The summed E-state index contributed by atoms with van der Waals surface area (Å²) in [4.78, 5) is 40.4. The van der Waals surface area contributed by atoms with Crippen molar-refractivity contribution in [3.05, 3.63) is 54.1 Å². The number of rotatable bonds is 6. The number of hydrogen-bond donors (Lipinski definition) is 3. The number of amides is 2. The molecule has 0 saturated heterocycles. The van der Waals surface area contributed by atoms with Gasteiger partial charge >= 0.3 is 0 Å². The Morgan fingerprint density at radius 1 is 1.12 bits per heavy atom. The molecule has 11 heteroatoms. The van der Waals surface area contributed by atoms with Gasteiger partial charge in [0.25, 0.3) is 11.8 Å². The minimum absolute atomic E-state index is 0.187. The fourth-order valence-electron chi connectivity index (χ4n) is 3.04. The quantitative estimate of drug-likeness (QED) is 0.540. The number of halogens is 2. The van der Waals surface area contributed by atoms with Crippen LogP contribution in [-0.4, -0.2) is 44.7 Å². The van der Waals surface area contributed by atoms with Gasteiger partial charge in [-0.15, -0.1) is 0 Å². The summed E-state index contributed by atoms with van der Waals surface area (Å²) in [5.74, 6) is -4.73. The number of pyridine rings is 2. The second kappa shape index (κ2) is 8.25. The third-order valence-corrected chi connectivity index (χ3v) is 4.89. The number of alkyl halides is 2. The van der Waals surface area contributed by atoms with Gasteiger partial charge in [0.2, 0.25) is 11.9 Å². The SMILES string of the molecule is CNC(=O)c1ncc(Nc2nccc(-c3ccc(NC(=O)C4CC4(F)F)nc3)n2)cc1C. The van der Waals surface area contributed by atoms with Crippen molar-refractivity contribution in [2.24, 2.45) is 5.92 Å². The molecule has 1 aliphatic carbocycles. The molecule has 3 aromatic heterocycles. The Bertz CT molecular complexity index is 1190. The van der Waals surface area contributed by atoms with E-state index >= 15 is 0 Å². The molecule has 3 heterocycles. The highest BCUT2D eigenvalue weighted by atomic mass is 19.3. The fourth-order valence-corrected chi connectivity index (χ4v) is 3.04. The molecule has 164 valence electrons. The topological polar surface area (TPSA) is 122 Å². The van der Waals surface area contributed by atoms with Crippen LogP contribution in [0.15, 0.2) is 42.9 Å². The van der Waals surface area contributed by atoms with Gasteiger partial charge in [-0.2, -0.15) is 0 Å². The van der Waals surface area contributed by atoms with E-state index in [2.05, 4.69) is 35.9 Å². The van der Waals surface area contributed by atoms with E-state index in [0.717, 1.165) is 0 Å². The van der Waals surface area contributed by atoms with Crippen LogP contribution in [0.1, 0.15) is 22.5 Å². The van der Waals surface area contributed by atoms with Gasteiger partial charge in [-0.1, -0.05) is 0 Å². The minimum Gasteiger partial charge on any atom is -0.354 e. The number of hydrogen-bond acceptors (Lipinski definition) is 7. The maximum atomic E-state index is 13.0. The van der Waals surface area contributed by atoms with E-state index in [1.165, 1.54) is 25.5 Å². The van der Waals surface area contributed by atoms with Crippen molar-refractivity contribution >= 4 is 29.3 Å². The average molecular weight is 439 g/mol. The zero-order valence-corrected chi connectivity index (χ0v) is 17.2. The fraction of sp³-hybridized carbons (Fsp3) is 0.238. The molecule has 0 aliphatic heterocycles. The second-order valence-corrected chi connectivity index (χ2v) is 7.30. The summed E-state index contributed by atoms with van der Waals surface area (Å²) in [7, 11) is 1.54. The Morgan fingerprint density at radius 2 is 1.91 bits per heavy atom. The molecule has 3 N–H and O–H groups in total. The van der Waals surface area contributed by atoms with Gasteiger partial charge in [0.1, 0.15) is 17.4 Å². The van der Waals surface area contributed by atoms with Crippen LogP contribution in [0.5, 0.6) is 0 Å². The van der Waals surface area contributed by atoms with Crippen LogP contribution in [0.3, 0.4) is 0 Å². The molecule has 0 radical (unpaired) electrons. The third kappa shape index (κ3) is 4.51. The Hall–Kier alpha value is -4.02. The van der Waals surface area contributed by atoms with Gasteiger partial charge in [-0.05, 0) is 36.8 Å². The Kier molecular flexibility index (Phi) is 5.47. The second-order valence-electron chi connectivity index (χ2n) is 7.30. The molecule has 1 saturated carbocycles. The summed E-state index contributed by atoms with van der Waals surface area (Å²) in [6.45, 7) is 1.77. The number of carbonyl (C=O) groups excluding carboxylic acids is 2. The van der Waals surface area contributed by atoms with E-state index in [0.29, 0.717) is 34.2 Å². The van der Waals surface area contributed by atoms with Crippen LogP contribution in [0.2, 0.25) is 0 Å². The number of aromatic nitrogens is 4. The summed E-state index contributed by atoms with van der Waals surface area (Å²) >= 11 is 0. The Morgan fingerprint density at radius 3 is 2.53 bits per heavy atom. The lowest BCUT2D eigenvalue weighted by Crippen LogP contribution is -2.20. The van der Waals surface area contributed by atoms with E-state index in [9.17, 15) is 18.4 Å². The van der Waals surface area contributed by atoms with E-state index in [-0.39, 0.29) is 11.7 Å². The highest BCUT2D eigenvalue weighted by molar-refractivity contribution is 5.94. The molecule has 32 heavy (non-hydrogen) atoms. The molecule has 0 bridgehead atoms. The Labute approximate surface area is 181 Å². The van der Waals surface area contributed by atoms with Crippen molar-refractivity contribution < 1.29 is 18.4 Å². The molecule has 1 unspecified atom stereocenters. The van der Waals surface area contributed by atoms with Crippen molar-refractivity contribution in [2.75, 3.05) is 17.7 Å². The highest BCUT2D eigenvalue weighted by Gasteiger charge is 2.61. The summed E-state index contributed by atoms with van der Waals surface area (Å²) in [6.07, 6.45) is 4.12. The smallest absolute Gasteiger partial charge is 0.269 e. The molecule has 2 amide bonds. The molecular formula is C21H19F2N7O2. The van der Waals surface area contributed by atoms with Gasteiger partial charge in [-0.25, -0.2) is 28.7 Å². The monoisotopic (exact) mass is 439 g/mol.